The molecule has 0 unspecified atom stereocenters. The molecule has 0 atom stereocenters. The molecule has 1 aliphatic rings. The van der Waals surface area contributed by atoms with Crippen LogP contribution in [0, 0.1) is 0 Å². The topological polar surface area (TPSA) is 30.5 Å². The lowest BCUT2D eigenvalue weighted by Gasteiger charge is -2.40. The number of nitrogens with one attached hydrogen (secondary N) is 1. The Hall–Kier alpha value is -1.84. The number of hydrogen-bond acceptors (Lipinski definition) is 3. The second kappa shape index (κ2) is 7.16. The monoisotopic (exact) mass is 311 g/mol. The van der Waals surface area contributed by atoms with Crippen molar-refractivity contribution in [3.63, 3.8) is 0 Å². The van der Waals surface area contributed by atoms with Crippen LogP contribution < -0.4 is 10.1 Å². The van der Waals surface area contributed by atoms with Crippen LogP contribution in [0.5, 0.6) is 11.5 Å². The highest BCUT2D eigenvalue weighted by molar-refractivity contribution is 5.57. The first-order valence-electron chi connectivity index (χ1n) is 8.32. The van der Waals surface area contributed by atoms with Gasteiger partial charge in [0, 0.05) is 36.8 Å². The molecule has 122 valence electrons. The van der Waals surface area contributed by atoms with E-state index in [2.05, 4.69) is 41.7 Å². The first-order valence-corrected chi connectivity index (χ1v) is 8.32. The number of rotatable bonds is 7. The Morgan fingerprint density at radius 3 is 2.13 bits per heavy atom. The molecule has 0 radical (unpaired) electrons. The SMILES string of the molecule is CNCC1(CCCCOC)c2ccccc2Oc2ccccc21. The third-order valence-corrected chi connectivity index (χ3v) is 4.71. The van der Waals surface area contributed by atoms with E-state index in [4.69, 9.17) is 9.47 Å². The molecule has 0 amide bonds. The van der Waals surface area contributed by atoms with Crippen molar-refractivity contribution >= 4 is 0 Å². The molecule has 0 saturated heterocycles. The molecule has 0 fully saturated rings. The van der Waals surface area contributed by atoms with Gasteiger partial charge in [-0.1, -0.05) is 36.4 Å². The second-order valence-corrected chi connectivity index (χ2v) is 6.16. The fraction of sp³-hybridized carbons (Fsp3) is 0.400. The molecule has 2 aromatic rings. The van der Waals surface area contributed by atoms with Crippen molar-refractivity contribution < 1.29 is 9.47 Å². The number of fused-ring (bicyclic) bond motifs is 2. The third-order valence-electron chi connectivity index (χ3n) is 4.71. The predicted octanol–water partition coefficient (Wildman–Crippen LogP) is 4.11. The van der Waals surface area contributed by atoms with Crippen LogP contribution in [0.1, 0.15) is 30.4 Å². The molecule has 1 N–H and O–H groups in total. The molecule has 3 heteroatoms. The highest BCUT2D eigenvalue weighted by Crippen LogP contribution is 2.50. The number of likely N-dealkylation sites (N-methyl/N-ethyl adjacent to an activating group) is 1. The zero-order valence-corrected chi connectivity index (χ0v) is 14.0. The van der Waals surface area contributed by atoms with Gasteiger partial charge in [0.15, 0.2) is 0 Å². The number of unbranched alkanes of at least 4 members (excludes halogenated alkanes) is 1. The Labute approximate surface area is 138 Å². The first-order chi connectivity index (χ1) is 11.3. The summed E-state index contributed by atoms with van der Waals surface area (Å²) in [5.41, 5.74) is 2.52. The zero-order valence-electron chi connectivity index (χ0n) is 14.0. The highest BCUT2D eigenvalue weighted by Gasteiger charge is 2.40. The van der Waals surface area contributed by atoms with Gasteiger partial charge < -0.3 is 14.8 Å². The molecule has 2 aromatic carbocycles. The summed E-state index contributed by atoms with van der Waals surface area (Å²) in [4.78, 5) is 0. The maximum atomic E-state index is 6.15. The van der Waals surface area contributed by atoms with Gasteiger partial charge in [0.05, 0.1) is 0 Å². The Kier molecular flexibility index (Phi) is 4.99. The van der Waals surface area contributed by atoms with E-state index in [-0.39, 0.29) is 5.41 Å². The quantitative estimate of drug-likeness (QED) is 0.780. The smallest absolute Gasteiger partial charge is 0.131 e. The summed E-state index contributed by atoms with van der Waals surface area (Å²) in [6.07, 6.45) is 3.28. The molecule has 3 nitrogen and oxygen atoms in total. The Morgan fingerprint density at radius 2 is 1.57 bits per heavy atom. The number of benzene rings is 2. The molecule has 1 aliphatic heterocycles. The maximum absolute atomic E-state index is 6.15. The van der Waals surface area contributed by atoms with Crippen molar-refractivity contribution in [2.75, 3.05) is 27.3 Å². The van der Waals surface area contributed by atoms with Crippen LogP contribution >= 0.6 is 0 Å². The van der Waals surface area contributed by atoms with E-state index in [1.54, 1.807) is 7.11 Å². The number of methoxy groups -OCH3 is 1. The van der Waals surface area contributed by atoms with Gasteiger partial charge in [-0.3, -0.25) is 0 Å². The molecule has 0 aromatic heterocycles. The van der Waals surface area contributed by atoms with Crippen LogP contribution in [-0.4, -0.2) is 27.3 Å². The average molecular weight is 311 g/mol. The van der Waals surface area contributed by atoms with Crippen LogP contribution in [0.3, 0.4) is 0 Å². The minimum atomic E-state index is -0.0477. The lowest BCUT2D eigenvalue weighted by atomic mass is 9.69. The van der Waals surface area contributed by atoms with E-state index >= 15 is 0 Å². The van der Waals surface area contributed by atoms with Crippen molar-refractivity contribution in [3.05, 3.63) is 59.7 Å². The van der Waals surface area contributed by atoms with Crippen molar-refractivity contribution in [2.24, 2.45) is 0 Å². The van der Waals surface area contributed by atoms with Gasteiger partial charge in [0.25, 0.3) is 0 Å². The predicted molar refractivity (Wildman–Crippen MR) is 93.4 cm³/mol. The van der Waals surface area contributed by atoms with Crippen LogP contribution in [0.2, 0.25) is 0 Å². The van der Waals surface area contributed by atoms with Crippen molar-refractivity contribution in [3.8, 4) is 11.5 Å². The molecular formula is C20H25NO2. The second-order valence-electron chi connectivity index (χ2n) is 6.16. The van der Waals surface area contributed by atoms with Crippen LogP contribution in [-0.2, 0) is 10.2 Å². The van der Waals surface area contributed by atoms with E-state index in [0.29, 0.717) is 0 Å². The van der Waals surface area contributed by atoms with Gasteiger partial charge in [0.2, 0.25) is 0 Å². The summed E-state index contributed by atoms with van der Waals surface area (Å²) in [6, 6.07) is 16.9. The maximum Gasteiger partial charge on any atom is 0.131 e. The van der Waals surface area contributed by atoms with E-state index in [9.17, 15) is 0 Å². The molecule has 0 saturated carbocycles. The molecule has 1 heterocycles. The van der Waals surface area contributed by atoms with Gasteiger partial charge in [-0.25, -0.2) is 0 Å². The highest BCUT2D eigenvalue weighted by atomic mass is 16.5. The van der Waals surface area contributed by atoms with Crippen LogP contribution in [0.4, 0.5) is 0 Å². The van der Waals surface area contributed by atoms with Crippen LogP contribution in [0.25, 0.3) is 0 Å². The third kappa shape index (κ3) is 2.99. The number of ether oxygens (including phenoxy) is 2. The standard InChI is InChI=1S/C20H25NO2/c1-21-15-20(13-7-8-14-22-2)16-9-3-5-11-18(16)23-19-12-6-4-10-17(19)20/h3-6,9-12,21H,7-8,13-15H2,1-2H3. The number of para-hydroxylation sites is 2. The average Bonchev–Trinajstić information content (AvgIpc) is 2.59. The van der Waals surface area contributed by atoms with E-state index < -0.39 is 0 Å². The molecule has 0 spiro atoms. The summed E-state index contributed by atoms with van der Waals surface area (Å²) >= 11 is 0. The first kappa shape index (κ1) is 16.0. The Bertz CT molecular complexity index is 608. The fourth-order valence-corrected chi connectivity index (χ4v) is 3.69. The normalized spacial score (nSPS) is 14.7. The molecule has 23 heavy (non-hydrogen) atoms. The largest absolute Gasteiger partial charge is 0.457 e. The van der Waals surface area contributed by atoms with Crippen LogP contribution in [0.15, 0.2) is 48.5 Å². The number of hydrogen-bond donors (Lipinski definition) is 1. The summed E-state index contributed by atoms with van der Waals surface area (Å²) in [6.45, 7) is 1.72. The molecule has 3 rings (SSSR count). The van der Waals surface area contributed by atoms with Crippen molar-refractivity contribution in [1.82, 2.24) is 5.32 Å². The zero-order chi connectivity index (χ0) is 16.1. The van der Waals surface area contributed by atoms with Crippen molar-refractivity contribution in [1.29, 1.82) is 0 Å². The lowest BCUT2D eigenvalue weighted by molar-refractivity contribution is 0.189. The van der Waals surface area contributed by atoms with Gasteiger partial charge in [-0.15, -0.1) is 0 Å². The molecular weight excluding hydrogens is 286 g/mol. The molecule has 0 aliphatic carbocycles. The van der Waals surface area contributed by atoms with Gasteiger partial charge in [-0.2, -0.15) is 0 Å². The summed E-state index contributed by atoms with van der Waals surface area (Å²) < 4.78 is 11.4. The summed E-state index contributed by atoms with van der Waals surface area (Å²) in [7, 11) is 3.79. The fourth-order valence-electron chi connectivity index (χ4n) is 3.69. The van der Waals surface area contributed by atoms with Gasteiger partial charge >= 0.3 is 0 Å². The van der Waals surface area contributed by atoms with E-state index in [1.807, 2.05) is 19.2 Å². The van der Waals surface area contributed by atoms with Gasteiger partial charge in [0.1, 0.15) is 11.5 Å². The minimum Gasteiger partial charge on any atom is -0.457 e. The van der Waals surface area contributed by atoms with Crippen molar-refractivity contribution in [2.45, 2.75) is 24.7 Å². The van der Waals surface area contributed by atoms with E-state index in [1.165, 1.54) is 11.1 Å². The summed E-state index contributed by atoms with van der Waals surface area (Å²) in [5, 5.41) is 3.41. The summed E-state index contributed by atoms with van der Waals surface area (Å²) in [5.74, 6) is 1.96. The molecule has 0 bridgehead atoms. The lowest BCUT2D eigenvalue weighted by Crippen LogP contribution is -2.40. The van der Waals surface area contributed by atoms with E-state index in [0.717, 1.165) is 43.9 Å². The van der Waals surface area contributed by atoms with Gasteiger partial charge in [-0.05, 0) is 38.4 Å². The Morgan fingerprint density at radius 1 is 0.957 bits per heavy atom. The minimum absolute atomic E-state index is 0.0477. The Balaban J connectivity index is 2.04.